The lowest BCUT2D eigenvalue weighted by molar-refractivity contribution is 0.187. The molecule has 0 fully saturated rings. The van der Waals surface area contributed by atoms with Crippen LogP contribution in [0, 0.1) is 5.92 Å². The van der Waals surface area contributed by atoms with Crippen LogP contribution in [-0.4, -0.2) is 26.8 Å². The third-order valence-electron chi connectivity index (χ3n) is 2.29. The van der Waals surface area contributed by atoms with Crippen LogP contribution in [0.1, 0.15) is 39.5 Å². The number of hydrogen-bond donors (Lipinski definition) is 1. The predicted molar refractivity (Wildman–Crippen MR) is 58.1 cm³/mol. The molecule has 0 aromatic heterocycles. The van der Waals surface area contributed by atoms with Crippen LogP contribution in [0.2, 0.25) is 0 Å². The molecule has 1 unspecified atom stereocenters. The molecule has 0 aromatic rings. The van der Waals surface area contributed by atoms with E-state index in [1.807, 2.05) is 0 Å². The summed E-state index contributed by atoms with van der Waals surface area (Å²) in [6.07, 6.45) is 5.02. The standard InChI is InChI=1S/C11H25NO/c1-4-8-12-9-7-11(2)6-5-10-13-3/h11-12H,4-10H2,1-3H3. The van der Waals surface area contributed by atoms with Crippen LogP contribution >= 0.6 is 0 Å². The molecule has 0 saturated heterocycles. The van der Waals surface area contributed by atoms with Gasteiger partial charge in [-0.15, -0.1) is 0 Å². The van der Waals surface area contributed by atoms with Gasteiger partial charge in [-0.25, -0.2) is 0 Å². The first-order chi connectivity index (χ1) is 6.31. The molecule has 0 aliphatic carbocycles. The van der Waals surface area contributed by atoms with Gasteiger partial charge in [0.05, 0.1) is 0 Å². The number of nitrogens with one attached hydrogen (secondary N) is 1. The Morgan fingerprint density at radius 3 is 2.62 bits per heavy atom. The van der Waals surface area contributed by atoms with E-state index in [2.05, 4.69) is 19.2 Å². The van der Waals surface area contributed by atoms with Crippen molar-refractivity contribution in [1.29, 1.82) is 0 Å². The van der Waals surface area contributed by atoms with Gasteiger partial charge >= 0.3 is 0 Å². The molecule has 0 aliphatic heterocycles. The maximum atomic E-state index is 5.02. The normalized spacial score (nSPS) is 13.2. The molecule has 1 atom stereocenters. The zero-order valence-electron chi connectivity index (χ0n) is 9.44. The number of ether oxygens (including phenoxy) is 1. The van der Waals surface area contributed by atoms with Gasteiger partial charge in [-0.05, 0) is 44.7 Å². The van der Waals surface area contributed by atoms with Crippen LogP contribution in [0.5, 0.6) is 0 Å². The lowest BCUT2D eigenvalue weighted by Gasteiger charge is -2.11. The summed E-state index contributed by atoms with van der Waals surface area (Å²) >= 11 is 0. The first kappa shape index (κ1) is 12.9. The predicted octanol–water partition coefficient (Wildman–Crippen LogP) is 2.44. The highest BCUT2D eigenvalue weighted by Crippen LogP contribution is 2.08. The molecule has 0 aromatic carbocycles. The maximum Gasteiger partial charge on any atom is 0.0462 e. The summed E-state index contributed by atoms with van der Waals surface area (Å²) in [5.74, 6) is 0.833. The first-order valence-corrected chi connectivity index (χ1v) is 5.50. The average Bonchev–Trinajstić information content (AvgIpc) is 2.13. The second-order valence-electron chi connectivity index (χ2n) is 3.78. The topological polar surface area (TPSA) is 21.3 Å². The van der Waals surface area contributed by atoms with E-state index in [0.29, 0.717) is 0 Å². The highest BCUT2D eigenvalue weighted by Gasteiger charge is 2.00. The van der Waals surface area contributed by atoms with E-state index in [1.54, 1.807) is 7.11 Å². The molecule has 0 saturated carbocycles. The second kappa shape index (κ2) is 10.0. The Kier molecular flexibility index (Phi) is 9.94. The molecule has 0 spiro atoms. The zero-order chi connectivity index (χ0) is 9.94. The summed E-state index contributed by atoms with van der Waals surface area (Å²) in [5, 5.41) is 3.43. The minimum Gasteiger partial charge on any atom is -0.385 e. The molecular weight excluding hydrogens is 162 g/mol. The van der Waals surface area contributed by atoms with Crippen molar-refractivity contribution >= 4 is 0 Å². The molecule has 13 heavy (non-hydrogen) atoms. The summed E-state index contributed by atoms with van der Waals surface area (Å²) in [5.41, 5.74) is 0. The maximum absolute atomic E-state index is 5.02. The highest BCUT2D eigenvalue weighted by molar-refractivity contribution is 4.55. The molecule has 0 radical (unpaired) electrons. The molecule has 0 bridgehead atoms. The third-order valence-corrected chi connectivity index (χ3v) is 2.29. The molecule has 0 amide bonds. The van der Waals surface area contributed by atoms with E-state index in [1.165, 1.54) is 32.2 Å². The molecule has 80 valence electrons. The van der Waals surface area contributed by atoms with Gasteiger partial charge < -0.3 is 10.1 Å². The van der Waals surface area contributed by atoms with Crippen molar-refractivity contribution in [2.45, 2.75) is 39.5 Å². The smallest absolute Gasteiger partial charge is 0.0462 e. The van der Waals surface area contributed by atoms with Crippen molar-refractivity contribution in [3.05, 3.63) is 0 Å². The van der Waals surface area contributed by atoms with Gasteiger partial charge in [0.2, 0.25) is 0 Å². The zero-order valence-corrected chi connectivity index (χ0v) is 9.44. The monoisotopic (exact) mass is 187 g/mol. The summed E-state index contributed by atoms with van der Waals surface area (Å²) in [6.45, 7) is 7.76. The fourth-order valence-corrected chi connectivity index (χ4v) is 1.37. The lowest BCUT2D eigenvalue weighted by Crippen LogP contribution is -2.18. The van der Waals surface area contributed by atoms with Crippen LogP contribution in [0.3, 0.4) is 0 Å². The summed E-state index contributed by atoms with van der Waals surface area (Å²) in [6, 6.07) is 0. The van der Waals surface area contributed by atoms with Gasteiger partial charge in [0.15, 0.2) is 0 Å². The van der Waals surface area contributed by atoms with Crippen molar-refractivity contribution < 1.29 is 4.74 Å². The van der Waals surface area contributed by atoms with Gasteiger partial charge in [0, 0.05) is 13.7 Å². The largest absolute Gasteiger partial charge is 0.385 e. The van der Waals surface area contributed by atoms with Crippen molar-refractivity contribution in [3.8, 4) is 0 Å². The molecule has 1 N–H and O–H groups in total. The molecule has 0 rings (SSSR count). The average molecular weight is 187 g/mol. The molecular formula is C11H25NO. The van der Waals surface area contributed by atoms with E-state index in [0.717, 1.165) is 19.1 Å². The van der Waals surface area contributed by atoms with E-state index in [4.69, 9.17) is 4.74 Å². The van der Waals surface area contributed by atoms with Crippen LogP contribution in [0.4, 0.5) is 0 Å². The van der Waals surface area contributed by atoms with Gasteiger partial charge in [-0.1, -0.05) is 13.8 Å². The van der Waals surface area contributed by atoms with E-state index >= 15 is 0 Å². The molecule has 0 heterocycles. The Morgan fingerprint density at radius 2 is 2.00 bits per heavy atom. The lowest BCUT2D eigenvalue weighted by atomic mass is 10.0. The van der Waals surface area contributed by atoms with Crippen molar-refractivity contribution in [2.75, 3.05) is 26.8 Å². The number of hydrogen-bond acceptors (Lipinski definition) is 2. The van der Waals surface area contributed by atoms with Crippen LogP contribution in [-0.2, 0) is 4.74 Å². The Morgan fingerprint density at radius 1 is 1.23 bits per heavy atom. The van der Waals surface area contributed by atoms with E-state index < -0.39 is 0 Å². The Balaban J connectivity index is 3.05. The van der Waals surface area contributed by atoms with Crippen molar-refractivity contribution in [3.63, 3.8) is 0 Å². The van der Waals surface area contributed by atoms with Gasteiger partial charge in [0.1, 0.15) is 0 Å². The summed E-state index contributed by atoms with van der Waals surface area (Å²) < 4.78 is 5.02. The van der Waals surface area contributed by atoms with E-state index in [9.17, 15) is 0 Å². The first-order valence-electron chi connectivity index (χ1n) is 5.50. The van der Waals surface area contributed by atoms with Gasteiger partial charge in [-0.3, -0.25) is 0 Å². The van der Waals surface area contributed by atoms with Crippen LogP contribution < -0.4 is 5.32 Å². The number of rotatable bonds is 9. The number of methoxy groups -OCH3 is 1. The fraction of sp³-hybridized carbons (Fsp3) is 1.00. The van der Waals surface area contributed by atoms with Crippen molar-refractivity contribution in [2.24, 2.45) is 5.92 Å². The van der Waals surface area contributed by atoms with Crippen LogP contribution in [0.25, 0.3) is 0 Å². The summed E-state index contributed by atoms with van der Waals surface area (Å²) in [4.78, 5) is 0. The third kappa shape index (κ3) is 9.84. The molecule has 2 nitrogen and oxygen atoms in total. The highest BCUT2D eigenvalue weighted by atomic mass is 16.5. The SMILES string of the molecule is CCCNCCC(C)CCCOC. The quantitative estimate of drug-likeness (QED) is 0.560. The van der Waals surface area contributed by atoms with E-state index in [-0.39, 0.29) is 0 Å². The second-order valence-corrected chi connectivity index (χ2v) is 3.78. The van der Waals surface area contributed by atoms with Gasteiger partial charge in [-0.2, -0.15) is 0 Å². The summed E-state index contributed by atoms with van der Waals surface area (Å²) in [7, 11) is 1.77. The minimum absolute atomic E-state index is 0.833. The Labute approximate surface area is 83.1 Å². The van der Waals surface area contributed by atoms with Crippen LogP contribution in [0.15, 0.2) is 0 Å². The minimum atomic E-state index is 0.833. The Bertz CT molecular complexity index is 96.1. The Hall–Kier alpha value is -0.0800. The van der Waals surface area contributed by atoms with Gasteiger partial charge in [0.25, 0.3) is 0 Å². The molecule has 2 heteroatoms. The molecule has 0 aliphatic rings. The fourth-order valence-electron chi connectivity index (χ4n) is 1.37. The van der Waals surface area contributed by atoms with Crippen molar-refractivity contribution in [1.82, 2.24) is 5.32 Å².